The molecule has 2 N–H and O–H groups in total. The predicted molar refractivity (Wildman–Crippen MR) is 82.0 cm³/mol. The summed E-state index contributed by atoms with van der Waals surface area (Å²) in [7, 11) is -3.55. The van der Waals surface area contributed by atoms with Crippen molar-refractivity contribution >= 4 is 26.0 Å². The standard InChI is InChI=1S/C14H20BrNO3S/c1-10-7-11(9-17)8-13(14(10)15)20(18,19)16-12-5-3-2-4-6-12/h7-8,12,16-17H,2-6,9H2,1H3. The molecule has 1 aromatic carbocycles. The zero-order valence-electron chi connectivity index (χ0n) is 11.5. The highest BCUT2D eigenvalue weighted by Gasteiger charge is 2.24. The quantitative estimate of drug-likeness (QED) is 0.866. The van der Waals surface area contributed by atoms with Crippen LogP contribution in [0.15, 0.2) is 21.5 Å². The van der Waals surface area contributed by atoms with Gasteiger partial charge in [-0.25, -0.2) is 13.1 Å². The molecule has 2 rings (SSSR count). The molecule has 0 aliphatic heterocycles. The summed E-state index contributed by atoms with van der Waals surface area (Å²) in [6.07, 6.45) is 5.13. The lowest BCUT2D eigenvalue weighted by atomic mass is 9.96. The maximum Gasteiger partial charge on any atom is 0.241 e. The van der Waals surface area contributed by atoms with Gasteiger partial charge in [0, 0.05) is 10.5 Å². The number of aliphatic hydroxyl groups excluding tert-OH is 1. The lowest BCUT2D eigenvalue weighted by molar-refractivity contribution is 0.281. The van der Waals surface area contributed by atoms with Crippen LogP contribution in [-0.2, 0) is 16.6 Å². The van der Waals surface area contributed by atoms with Crippen LogP contribution in [0.5, 0.6) is 0 Å². The molecule has 1 fully saturated rings. The van der Waals surface area contributed by atoms with Crippen LogP contribution < -0.4 is 4.72 Å². The Kier molecular flexibility index (Phi) is 5.23. The molecule has 4 nitrogen and oxygen atoms in total. The van der Waals surface area contributed by atoms with Crippen LogP contribution in [0.2, 0.25) is 0 Å². The van der Waals surface area contributed by atoms with Gasteiger partial charge in [-0.05, 0) is 52.9 Å². The third-order valence-corrected chi connectivity index (χ3v) is 6.54. The van der Waals surface area contributed by atoms with Crippen molar-refractivity contribution in [3.8, 4) is 0 Å². The lowest BCUT2D eigenvalue weighted by Crippen LogP contribution is -2.36. The highest BCUT2D eigenvalue weighted by molar-refractivity contribution is 9.10. The predicted octanol–water partition coefficient (Wildman–Crippen LogP) is 2.86. The van der Waals surface area contributed by atoms with E-state index in [4.69, 9.17) is 0 Å². The van der Waals surface area contributed by atoms with Crippen molar-refractivity contribution < 1.29 is 13.5 Å². The van der Waals surface area contributed by atoms with Crippen molar-refractivity contribution in [3.63, 3.8) is 0 Å². The van der Waals surface area contributed by atoms with Crippen LogP contribution in [0.25, 0.3) is 0 Å². The zero-order valence-corrected chi connectivity index (χ0v) is 13.9. The van der Waals surface area contributed by atoms with E-state index in [1.54, 1.807) is 6.07 Å². The van der Waals surface area contributed by atoms with E-state index in [1.807, 2.05) is 6.92 Å². The van der Waals surface area contributed by atoms with Gasteiger partial charge in [0.15, 0.2) is 0 Å². The van der Waals surface area contributed by atoms with E-state index in [1.165, 1.54) is 12.5 Å². The average molecular weight is 362 g/mol. The second-order valence-corrected chi connectivity index (χ2v) is 7.81. The number of halogens is 1. The average Bonchev–Trinajstić information content (AvgIpc) is 2.42. The molecule has 1 aliphatic carbocycles. The first-order valence-electron chi connectivity index (χ1n) is 6.86. The molecule has 112 valence electrons. The van der Waals surface area contributed by atoms with E-state index in [2.05, 4.69) is 20.7 Å². The molecule has 0 saturated heterocycles. The van der Waals surface area contributed by atoms with Gasteiger partial charge in [-0.3, -0.25) is 0 Å². The molecule has 0 heterocycles. The molecule has 20 heavy (non-hydrogen) atoms. The van der Waals surface area contributed by atoms with Crippen LogP contribution in [0.1, 0.15) is 43.2 Å². The van der Waals surface area contributed by atoms with Gasteiger partial charge in [-0.2, -0.15) is 0 Å². The van der Waals surface area contributed by atoms with E-state index in [-0.39, 0.29) is 17.5 Å². The van der Waals surface area contributed by atoms with E-state index in [0.717, 1.165) is 31.2 Å². The topological polar surface area (TPSA) is 66.4 Å². The summed E-state index contributed by atoms with van der Waals surface area (Å²) >= 11 is 3.34. The van der Waals surface area contributed by atoms with Crippen molar-refractivity contribution in [1.29, 1.82) is 0 Å². The van der Waals surface area contributed by atoms with Crippen LogP contribution in [0, 0.1) is 6.92 Å². The SMILES string of the molecule is Cc1cc(CO)cc(S(=O)(=O)NC2CCCCC2)c1Br. The van der Waals surface area contributed by atoms with Gasteiger partial charge in [0.25, 0.3) is 0 Å². The first-order chi connectivity index (χ1) is 9.44. The smallest absolute Gasteiger partial charge is 0.241 e. The molecule has 0 bridgehead atoms. The van der Waals surface area contributed by atoms with E-state index >= 15 is 0 Å². The van der Waals surface area contributed by atoms with Crippen LogP contribution in [-0.4, -0.2) is 19.6 Å². The van der Waals surface area contributed by atoms with Gasteiger partial charge in [-0.15, -0.1) is 0 Å². The highest BCUT2D eigenvalue weighted by atomic mass is 79.9. The highest BCUT2D eigenvalue weighted by Crippen LogP contribution is 2.28. The fraction of sp³-hybridized carbons (Fsp3) is 0.571. The van der Waals surface area contributed by atoms with Crippen molar-refractivity contribution in [2.24, 2.45) is 0 Å². The zero-order chi connectivity index (χ0) is 14.8. The van der Waals surface area contributed by atoms with Crippen molar-refractivity contribution in [3.05, 3.63) is 27.7 Å². The number of rotatable bonds is 4. The number of benzene rings is 1. The largest absolute Gasteiger partial charge is 0.392 e. The van der Waals surface area contributed by atoms with E-state index in [9.17, 15) is 13.5 Å². The van der Waals surface area contributed by atoms with Crippen LogP contribution >= 0.6 is 15.9 Å². The maximum absolute atomic E-state index is 12.5. The van der Waals surface area contributed by atoms with Gasteiger partial charge in [0.2, 0.25) is 10.0 Å². The molecule has 0 unspecified atom stereocenters. The maximum atomic E-state index is 12.5. The Labute approximate surface area is 128 Å². The lowest BCUT2D eigenvalue weighted by Gasteiger charge is -2.23. The monoisotopic (exact) mass is 361 g/mol. The molecule has 6 heteroatoms. The van der Waals surface area contributed by atoms with E-state index < -0.39 is 10.0 Å². The fourth-order valence-corrected chi connectivity index (χ4v) is 4.97. The molecule has 0 aromatic heterocycles. The van der Waals surface area contributed by atoms with Gasteiger partial charge < -0.3 is 5.11 Å². The Morgan fingerprint density at radius 3 is 2.55 bits per heavy atom. The number of aryl methyl sites for hydroxylation is 1. The minimum absolute atomic E-state index is 0.0266. The Hall–Kier alpha value is -0.430. The van der Waals surface area contributed by atoms with Gasteiger partial charge in [-0.1, -0.05) is 25.3 Å². The molecule has 1 saturated carbocycles. The molecule has 0 atom stereocenters. The Morgan fingerprint density at radius 2 is 1.95 bits per heavy atom. The summed E-state index contributed by atoms with van der Waals surface area (Å²) in [6, 6.07) is 3.34. The summed E-state index contributed by atoms with van der Waals surface area (Å²) in [5, 5.41) is 9.23. The Bertz CT molecular complexity index is 580. The summed E-state index contributed by atoms with van der Waals surface area (Å²) < 4.78 is 28.4. The van der Waals surface area contributed by atoms with Crippen LogP contribution in [0.4, 0.5) is 0 Å². The second-order valence-electron chi connectivity index (χ2n) is 5.34. The van der Waals surface area contributed by atoms with E-state index in [0.29, 0.717) is 10.0 Å². The van der Waals surface area contributed by atoms with Gasteiger partial charge in [0.05, 0.1) is 11.5 Å². The number of nitrogens with one attached hydrogen (secondary N) is 1. The molecule has 0 radical (unpaired) electrons. The minimum Gasteiger partial charge on any atom is -0.392 e. The first-order valence-corrected chi connectivity index (χ1v) is 9.14. The molecule has 0 spiro atoms. The van der Waals surface area contributed by atoms with Crippen molar-refractivity contribution in [2.45, 2.75) is 56.6 Å². The summed E-state index contributed by atoms with van der Waals surface area (Å²) in [6.45, 7) is 1.66. The van der Waals surface area contributed by atoms with Crippen LogP contribution in [0.3, 0.4) is 0 Å². The molecular formula is C14H20BrNO3S. The molecule has 1 aromatic rings. The molecule has 1 aliphatic rings. The third-order valence-electron chi connectivity index (χ3n) is 3.68. The number of hydrogen-bond acceptors (Lipinski definition) is 3. The Morgan fingerprint density at radius 1 is 1.30 bits per heavy atom. The summed E-state index contributed by atoms with van der Waals surface area (Å²) in [5.74, 6) is 0. The molecule has 0 amide bonds. The van der Waals surface area contributed by atoms with Gasteiger partial charge >= 0.3 is 0 Å². The number of sulfonamides is 1. The summed E-state index contributed by atoms with van der Waals surface area (Å²) in [5.41, 5.74) is 1.41. The normalized spacial score (nSPS) is 17.4. The fourth-order valence-electron chi connectivity index (χ4n) is 2.60. The Balaban J connectivity index is 2.30. The second kappa shape index (κ2) is 6.56. The molecular weight excluding hydrogens is 342 g/mol. The summed E-state index contributed by atoms with van der Waals surface area (Å²) in [4.78, 5) is 0.215. The number of hydrogen-bond donors (Lipinski definition) is 2. The van der Waals surface area contributed by atoms with Crippen molar-refractivity contribution in [1.82, 2.24) is 4.72 Å². The van der Waals surface area contributed by atoms with Gasteiger partial charge in [0.1, 0.15) is 0 Å². The minimum atomic E-state index is -3.55. The first kappa shape index (κ1) is 15.9. The number of aliphatic hydroxyl groups is 1. The van der Waals surface area contributed by atoms with Crippen molar-refractivity contribution in [2.75, 3.05) is 0 Å². The third kappa shape index (κ3) is 3.61.